The van der Waals surface area contributed by atoms with E-state index in [-0.39, 0.29) is 26.4 Å². The predicted octanol–water partition coefficient (Wildman–Crippen LogP) is 7.63. The van der Waals surface area contributed by atoms with Crippen LogP contribution in [0.5, 0.6) is 0 Å². The first kappa shape index (κ1) is 28.8. The van der Waals surface area contributed by atoms with Crippen molar-refractivity contribution in [3.8, 4) is 0 Å². The molecule has 0 spiro atoms. The fraction of sp³-hybridized carbons (Fsp3) is 0.238. The summed E-state index contributed by atoms with van der Waals surface area (Å²) in [5.41, 5.74) is 5.13. The van der Waals surface area contributed by atoms with Crippen LogP contribution >= 0.6 is 34.8 Å². The molecule has 0 aliphatic carbocycles. The van der Waals surface area contributed by atoms with E-state index in [1.54, 1.807) is 24.3 Å². The van der Waals surface area contributed by atoms with Crippen molar-refractivity contribution in [2.24, 2.45) is 5.73 Å². The molecule has 1 atom stereocenters. The number of Topliss-reactive ketones (excluding diaryl/α,β-unsaturated/α-hetero) is 1. The molecule has 0 heterocycles. The number of primary amides is 1. The van der Waals surface area contributed by atoms with E-state index in [0.717, 1.165) is 18.2 Å². The maximum Gasteiger partial charge on any atom is 0.399 e. The van der Waals surface area contributed by atoms with Crippen molar-refractivity contribution >= 4 is 52.6 Å². The van der Waals surface area contributed by atoms with Crippen LogP contribution in [0.2, 0.25) is 15.1 Å². The Bertz CT molecular complexity index is 995. The first-order valence-electron chi connectivity index (χ1n) is 8.86. The Morgan fingerprint density at radius 1 is 0.970 bits per heavy atom. The molecule has 2 aromatic carbocycles. The summed E-state index contributed by atoms with van der Waals surface area (Å²) in [6, 6.07) is 8.56. The summed E-state index contributed by atoms with van der Waals surface area (Å²) in [7, 11) is 0. The Labute approximate surface area is 200 Å². The zero-order valence-corrected chi connectivity index (χ0v) is 19.0. The first-order chi connectivity index (χ1) is 15.0. The van der Waals surface area contributed by atoms with Crippen molar-refractivity contribution in [1.29, 1.82) is 0 Å². The molecule has 0 aliphatic rings. The van der Waals surface area contributed by atoms with Gasteiger partial charge < -0.3 is 5.73 Å². The largest absolute Gasteiger partial charge is 0.399 e. The highest BCUT2D eigenvalue weighted by Gasteiger charge is 2.39. The van der Waals surface area contributed by atoms with Crippen molar-refractivity contribution in [3.05, 3.63) is 74.2 Å². The quantitative estimate of drug-likeness (QED) is 0.244. The topological polar surface area (TPSA) is 60.2 Å². The second-order valence-electron chi connectivity index (χ2n) is 6.61. The summed E-state index contributed by atoms with van der Waals surface area (Å²) < 4.78 is 73.3. The van der Waals surface area contributed by atoms with Gasteiger partial charge in [0.1, 0.15) is 6.42 Å². The van der Waals surface area contributed by atoms with E-state index in [2.05, 4.69) is 5.73 Å². The minimum absolute atomic E-state index is 0.0109. The van der Waals surface area contributed by atoms with Gasteiger partial charge in [-0.3, -0.25) is 9.59 Å². The first-order valence-corrected chi connectivity index (χ1v) is 10.00. The van der Waals surface area contributed by atoms with E-state index in [9.17, 15) is 35.9 Å². The number of ketones is 1. The number of nitrogens with two attached hydrogens (primary N) is 1. The van der Waals surface area contributed by atoms with Gasteiger partial charge in [0.05, 0.1) is 21.0 Å². The molecule has 2 rings (SSSR count). The maximum absolute atomic E-state index is 13.4. The SMILES string of the molecule is CC(=O)c1ccc(/C=C/C(c2cc(Cl)c(Cl)c(Cl)c2)C(F)(F)F)cc1.NC(=O)CC(F)(F)F. The lowest BCUT2D eigenvalue weighted by molar-refractivity contribution is -0.151. The summed E-state index contributed by atoms with van der Waals surface area (Å²) in [5.74, 6) is -3.36. The van der Waals surface area contributed by atoms with Crippen molar-refractivity contribution in [1.82, 2.24) is 0 Å². The third kappa shape index (κ3) is 10.1. The van der Waals surface area contributed by atoms with E-state index in [1.807, 2.05) is 0 Å². The van der Waals surface area contributed by atoms with Gasteiger partial charge in [-0.1, -0.05) is 71.2 Å². The molecule has 12 heteroatoms. The maximum atomic E-state index is 13.4. The zero-order valence-electron chi connectivity index (χ0n) is 16.7. The molecule has 1 unspecified atom stereocenters. The molecule has 2 N–H and O–H groups in total. The van der Waals surface area contributed by atoms with E-state index in [1.165, 1.54) is 13.0 Å². The highest BCUT2D eigenvalue weighted by molar-refractivity contribution is 6.48. The van der Waals surface area contributed by atoms with Gasteiger partial charge in [0.15, 0.2) is 5.78 Å². The molecule has 0 radical (unpaired) electrons. The van der Waals surface area contributed by atoms with E-state index < -0.39 is 30.6 Å². The number of rotatable bonds is 5. The Morgan fingerprint density at radius 3 is 1.79 bits per heavy atom. The lowest BCUT2D eigenvalue weighted by Crippen LogP contribution is -2.21. The van der Waals surface area contributed by atoms with E-state index in [4.69, 9.17) is 34.8 Å². The predicted molar refractivity (Wildman–Crippen MR) is 116 cm³/mol. The number of alkyl halides is 6. The Hall–Kier alpha value is -2.23. The van der Waals surface area contributed by atoms with Crippen molar-refractivity contribution in [2.45, 2.75) is 31.6 Å². The summed E-state index contributed by atoms with van der Waals surface area (Å²) in [6.45, 7) is 1.42. The third-order valence-corrected chi connectivity index (χ3v) is 5.09. The third-order valence-electron chi connectivity index (χ3n) is 3.89. The molecular formula is C21H16Cl3F6NO2. The summed E-state index contributed by atoms with van der Waals surface area (Å²) >= 11 is 17.5. The van der Waals surface area contributed by atoms with Crippen molar-refractivity contribution in [3.63, 3.8) is 0 Å². The van der Waals surface area contributed by atoms with Gasteiger partial charge >= 0.3 is 12.4 Å². The molecule has 1 amide bonds. The molecule has 0 aliphatic heterocycles. The van der Waals surface area contributed by atoms with E-state index in [0.29, 0.717) is 11.1 Å². The van der Waals surface area contributed by atoms with Gasteiger partial charge in [-0.05, 0) is 30.2 Å². The second kappa shape index (κ2) is 11.8. The van der Waals surface area contributed by atoms with Crippen LogP contribution in [0.3, 0.4) is 0 Å². The molecule has 0 fully saturated rings. The van der Waals surface area contributed by atoms with Crippen LogP contribution in [0.15, 0.2) is 42.5 Å². The molecule has 33 heavy (non-hydrogen) atoms. The van der Waals surface area contributed by atoms with Crippen LogP contribution in [0.25, 0.3) is 6.08 Å². The molecule has 3 nitrogen and oxygen atoms in total. The lowest BCUT2D eigenvalue weighted by atomic mass is 9.97. The monoisotopic (exact) mass is 533 g/mol. The van der Waals surface area contributed by atoms with Crippen LogP contribution in [-0.4, -0.2) is 24.0 Å². The van der Waals surface area contributed by atoms with Crippen LogP contribution < -0.4 is 5.73 Å². The lowest BCUT2D eigenvalue weighted by Gasteiger charge is -2.18. The molecule has 180 valence electrons. The number of amides is 1. The number of benzene rings is 2. The number of halogens is 9. The van der Waals surface area contributed by atoms with Crippen molar-refractivity contribution < 1.29 is 35.9 Å². The molecule has 0 aromatic heterocycles. The van der Waals surface area contributed by atoms with Gasteiger partial charge in [-0.25, -0.2) is 0 Å². The van der Waals surface area contributed by atoms with Gasteiger partial charge in [-0.2, -0.15) is 26.3 Å². The van der Waals surface area contributed by atoms with Crippen LogP contribution in [0, 0.1) is 0 Å². The summed E-state index contributed by atoms with van der Waals surface area (Å²) in [4.78, 5) is 20.7. The van der Waals surface area contributed by atoms with Gasteiger partial charge in [-0.15, -0.1) is 0 Å². The minimum Gasteiger partial charge on any atom is -0.369 e. The number of allylic oxidation sites excluding steroid dienone is 1. The Morgan fingerprint density at radius 2 is 1.45 bits per heavy atom. The molecule has 0 saturated carbocycles. The number of hydrogen-bond acceptors (Lipinski definition) is 2. The highest BCUT2D eigenvalue weighted by atomic mass is 35.5. The van der Waals surface area contributed by atoms with Gasteiger partial charge in [0, 0.05) is 5.56 Å². The van der Waals surface area contributed by atoms with E-state index >= 15 is 0 Å². The number of carbonyl (C=O) groups excluding carboxylic acids is 2. The van der Waals surface area contributed by atoms with Gasteiger partial charge in [0.25, 0.3) is 0 Å². The summed E-state index contributed by atoms with van der Waals surface area (Å²) in [5, 5.41) is -0.0768. The molecule has 0 bridgehead atoms. The minimum atomic E-state index is -4.53. The van der Waals surface area contributed by atoms with Crippen LogP contribution in [-0.2, 0) is 4.79 Å². The van der Waals surface area contributed by atoms with Gasteiger partial charge in [0.2, 0.25) is 5.91 Å². The standard InChI is InChI=1S/C18H12Cl3F3O.C3H4F3NO/c1-10(25)12-5-2-11(3-6-12)4-7-14(18(22,23)24)13-8-15(19)17(21)16(20)9-13;4-3(5,6)1-2(7)8/h2-9,14H,1H3;1H2,(H2,7,8)/b7-4+;. The fourth-order valence-corrected chi connectivity index (χ4v) is 3.01. The second-order valence-corrected chi connectivity index (χ2v) is 7.81. The number of carbonyl (C=O) groups is 2. The molecular weight excluding hydrogens is 519 g/mol. The average molecular weight is 535 g/mol. The number of hydrogen-bond donors (Lipinski definition) is 1. The highest BCUT2D eigenvalue weighted by Crippen LogP contribution is 2.41. The average Bonchev–Trinajstić information content (AvgIpc) is 2.64. The molecule has 0 saturated heterocycles. The zero-order chi connectivity index (χ0) is 25.6. The normalized spacial score (nSPS) is 12.8. The molecule has 2 aromatic rings. The fourth-order valence-electron chi connectivity index (χ4n) is 2.40. The summed E-state index contributed by atoms with van der Waals surface area (Å²) in [6.07, 6.45) is -8.17. The Balaban J connectivity index is 0.000000582. The van der Waals surface area contributed by atoms with Crippen LogP contribution in [0.1, 0.15) is 40.7 Å². The van der Waals surface area contributed by atoms with Crippen LogP contribution in [0.4, 0.5) is 26.3 Å². The Kier molecular flexibility index (Phi) is 10.3. The van der Waals surface area contributed by atoms with Crippen molar-refractivity contribution in [2.75, 3.05) is 0 Å². The smallest absolute Gasteiger partial charge is 0.369 e.